The fourth-order valence-corrected chi connectivity index (χ4v) is 0.781. The van der Waals surface area contributed by atoms with Crippen LogP contribution in [-0.4, -0.2) is 31.1 Å². The van der Waals surface area contributed by atoms with Crippen LogP contribution in [-0.2, 0) is 19.1 Å². The van der Waals surface area contributed by atoms with Crippen molar-refractivity contribution >= 4 is 11.9 Å². The summed E-state index contributed by atoms with van der Waals surface area (Å²) in [6.45, 7) is -0.128. The molecule has 0 spiro atoms. The van der Waals surface area contributed by atoms with Gasteiger partial charge in [-0.05, 0) is 0 Å². The monoisotopic (exact) mass is 180 g/mol. The van der Waals surface area contributed by atoms with Crippen molar-refractivity contribution in [1.82, 2.24) is 0 Å². The molecule has 0 aromatic rings. The summed E-state index contributed by atoms with van der Waals surface area (Å²) in [6.07, 6.45) is -4.14. The molecule has 0 aliphatic carbocycles. The minimum absolute atomic E-state index is 0.128. The first-order chi connectivity index (χ1) is 5.59. The highest BCUT2D eigenvalue weighted by atomic mass is 19.3. The maximum atomic E-state index is 11.6. The molecule has 1 rings (SSSR count). The topological polar surface area (TPSA) is 52.6 Å². The number of halogens is 2. The van der Waals surface area contributed by atoms with Crippen LogP contribution in [0.2, 0.25) is 0 Å². The van der Waals surface area contributed by atoms with Crippen molar-refractivity contribution in [2.75, 3.05) is 6.61 Å². The van der Waals surface area contributed by atoms with Crippen molar-refractivity contribution in [3.63, 3.8) is 0 Å². The second-order valence-electron chi connectivity index (χ2n) is 2.25. The van der Waals surface area contributed by atoms with Crippen LogP contribution >= 0.6 is 0 Å². The number of hydrogen-bond acceptors (Lipinski definition) is 4. The SMILES string of the molecule is O=C1CC(OC(=O)C(F)F)CO1. The number of rotatable bonds is 2. The van der Waals surface area contributed by atoms with Crippen LogP contribution in [0, 0.1) is 0 Å². The lowest BCUT2D eigenvalue weighted by Gasteiger charge is -2.07. The second kappa shape index (κ2) is 3.46. The van der Waals surface area contributed by atoms with Gasteiger partial charge in [-0.3, -0.25) is 4.79 Å². The zero-order valence-corrected chi connectivity index (χ0v) is 5.96. The van der Waals surface area contributed by atoms with Gasteiger partial charge < -0.3 is 9.47 Å². The van der Waals surface area contributed by atoms with E-state index >= 15 is 0 Å². The molecule has 1 unspecified atom stereocenters. The Balaban J connectivity index is 2.32. The van der Waals surface area contributed by atoms with E-state index in [1.807, 2.05) is 0 Å². The highest BCUT2D eigenvalue weighted by Gasteiger charge is 2.29. The number of hydrogen-bond donors (Lipinski definition) is 0. The first kappa shape index (κ1) is 8.89. The van der Waals surface area contributed by atoms with E-state index in [1.54, 1.807) is 0 Å². The number of cyclic esters (lactones) is 1. The molecule has 0 radical (unpaired) electrons. The van der Waals surface area contributed by atoms with Crippen LogP contribution in [0.5, 0.6) is 0 Å². The van der Waals surface area contributed by atoms with Gasteiger partial charge in [0.1, 0.15) is 12.7 Å². The lowest BCUT2D eigenvalue weighted by molar-refractivity contribution is -0.161. The molecule has 12 heavy (non-hydrogen) atoms. The third-order valence-corrected chi connectivity index (χ3v) is 1.29. The van der Waals surface area contributed by atoms with Crippen molar-refractivity contribution in [2.45, 2.75) is 19.0 Å². The molecule has 0 N–H and O–H groups in total. The Labute approximate surface area is 66.4 Å². The molecule has 0 amide bonds. The first-order valence-corrected chi connectivity index (χ1v) is 3.24. The maximum absolute atomic E-state index is 11.6. The van der Waals surface area contributed by atoms with Gasteiger partial charge in [0.2, 0.25) is 0 Å². The quantitative estimate of drug-likeness (QED) is 0.566. The number of carbonyl (C=O) groups is 2. The molecule has 1 atom stereocenters. The van der Waals surface area contributed by atoms with E-state index in [-0.39, 0.29) is 13.0 Å². The Morgan fingerprint density at radius 1 is 1.67 bits per heavy atom. The van der Waals surface area contributed by atoms with Gasteiger partial charge in [-0.15, -0.1) is 0 Å². The molecule has 0 saturated carbocycles. The van der Waals surface area contributed by atoms with Crippen molar-refractivity contribution in [2.24, 2.45) is 0 Å². The third-order valence-electron chi connectivity index (χ3n) is 1.29. The zero-order valence-electron chi connectivity index (χ0n) is 5.96. The summed E-state index contributed by atoms with van der Waals surface area (Å²) in [4.78, 5) is 20.7. The summed E-state index contributed by atoms with van der Waals surface area (Å²) in [7, 11) is 0. The summed E-state index contributed by atoms with van der Waals surface area (Å²) in [5.74, 6) is -2.15. The molecule has 1 fully saturated rings. The standard InChI is InChI=1S/C6H6F2O4/c7-5(8)6(10)12-3-1-4(9)11-2-3/h3,5H,1-2H2. The van der Waals surface area contributed by atoms with Crippen molar-refractivity contribution in [3.05, 3.63) is 0 Å². The highest BCUT2D eigenvalue weighted by molar-refractivity contribution is 5.75. The third kappa shape index (κ3) is 2.14. The molecule has 6 heteroatoms. The molecule has 1 saturated heterocycles. The Morgan fingerprint density at radius 2 is 2.33 bits per heavy atom. The van der Waals surface area contributed by atoms with Gasteiger partial charge in [-0.25, -0.2) is 4.79 Å². The minimum Gasteiger partial charge on any atom is -0.462 e. The summed E-state index contributed by atoms with van der Waals surface area (Å²) in [6, 6.07) is 0. The van der Waals surface area contributed by atoms with E-state index < -0.39 is 24.5 Å². The van der Waals surface area contributed by atoms with Crippen LogP contribution in [0.25, 0.3) is 0 Å². The molecule has 1 heterocycles. The van der Waals surface area contributed by atoms with E-state index in [0.717, 1.165) is 0 Å². The van der Waals surface area contributed by atoms with E-state index in [2.05, 4.69) is 9.47 Å². The van der Waals surface area contributed by atoms with E-state index in [4.69, 9.17) is 0 Å². The van der Waals surface area contributed by atoms with Gasteiger partial charge in [-0.1, -0.05) is 0 Å². The van der Waals surface area contributed by atoms with Crippen molar-refractivity contribution in [3.8, 4) is 0 Å². The largest absolute Gasteiger partial charge is 0.462 e. The van der Waals surface area contributed by atoms with Crippen LogP contribution in [0.15, 0.2) is 0 Å². The summed E-state index contributed by atoms with van der Waals surface area (Å²) < 4.78 is 31.8. The molecule has 4 nitrogen and oxygen atoms in total. The van der Waals surface area contributed by atoms with Crippen molar-refractivity contribution < 1.29 is 27.8 Å². The smallest absolute Gasteiger partial charge is 0.374 e. The average molecular weight is 180 g/mol. The lowest BCUT2D eigenvalue weighted by Crippen LogP contribution is -2.23. The molecule has 1 aliphatic heterocycles. The zero-order chi connectivity index (χ0) is 9.14. The summed E-state index contributed by atoms with van der Waals surface area (Å²) >= 11 is 0. The molecule has 0 bridgehead atoms. The Kier molecular flexibility index (Phi) is 2.57. The molecular formula is C6H6F2O4. The van der Waals surface area contributed by atoms with Gasteiger partial charge in [-0.2, -0.15) is 8.78 Å². The lowest BCUT2D eigenvalue weighted by atomic mass is 10.3. The molecule has 68 valence electrons. The summed E-state index contributed by atoms with van der Waals surface area (Å²) in [5, 5.41) is 0. The van der Waals surface area contributed by atoms with Crippen LogP contribution < -0.4 is 0 Å². The number of carbonyl (C=O) groups excluding carboxylic acids is 2. The van der Waals surface area contributed by atoms with Crippen LogP contribution in [0.1, 0.15) is 6.42 Å². The fraction of sp³-hybridized carbons (Fsp3) is 0.667. The number of alkyl halides is 2. The van der Waals surface area contributed by atoms with Gasteiger partial charge in [0.15, 0.2) is 0 Å². The Hall–Kier alpha value is -1.20. The van der Waals surface area contributed by atoms with Crippen molar-refractivity contribution in [1.29, 1.82) is 0 Å². The van der Waals surface area contributed by atoms with Gasteiger partial charge in [0.25, 0.3) is 0 Å². The minimum atomic E-state index is -3.15. The van der Waals surface area contributed by atoms with Crippen LogP contribution in [0.4, 0.5) is 8.78 Å². The summed E-state index contributed by atoms with van der Waals surface area (Å²) in [5.41, 5.74) is 0. The average Bonchev–Trinajstić information content (AvgIpc) is 2.35. The van der Waals surface area contributed by atoms with E-state index in [0.29, 0.717) is 0 Å². The number of ether oxygens (including phenoxy) is 2. The van der Waals surface area contributed by atoms with Gasteiger partial charge in [0, 0.05) is 0 Å². The van der Waals surface area contributed by atoms with E-state index in [9.17, 15) is 18.4 Å². The highest BCUT2D eigenvalue weighted by Crippen LogP contribution is 2.11. The van der Waals surface area contributed by atoms with Gasteiger partial charge in [0.05, 0.1) is 6.42 Å². The van der Waals surface area contributed by atoms with Crippen LogP contribution in [0.3, 0.4) is 0 Å². The normalized spacial score (nSPS) is 22.6. The number of esters is 2. The molecule has 1 aliphatic rings. The molecular weight excluding hydrogens is 174 g/mol. The first-order valence-electron chi connectivity index (χ1n) is 3.24. The Bertz CT molecular complexity index is 204. The molecule has 0 aromatic heterocycles. The fourth-order valence-electron chi connectivity index (χ4n) is 0.781. The second-order valence-corrected chi connectivity index (χ2v) is 2.25. The molecule has 0 aromatic carbocycles. The predicted molar refractivity (Wildman–Crippen MR) is 31.5 cm³/mol. The maximum Gasteiger partial charge on any atom is 0.374 e. The van der Waals surface area contributed by atoms with Gasteiger partial charge >= 0.3 is 18.4 Å². The van der Waals surface area contributed by atoms with E-state index in [1.165, 1.54) is 0 Å². The predicted octanol–water partition coefficient (Wildman–Crippen LogP) is 0.110. The Morgan fingerprint density at radius 3 is 2.75 bits per heavy atom.